The summed E-state index contributed by atoms with van der Waals surface area (Å²) in [6, 6.07) is 10.1. The lowest BCUT2D eigenvalue weighted by atomic mass is 10.3. The normalized spacial score (nSPS) is 17.0. The van der Waals surface area contributed by atoms with Gasteiger partial charge < -0.3 is 4.90 Å². The lowest BCUT2D eigenvalue weighted by Gasteiger charge is -2.33. The van der Waals surface area contributed by atoms with Gasteiger partial charge in [0.2, 0.25) is 0 Å². The van der Waals surface area contributed by atoms with Crippen molar-refractivity contribution < 1.29 is 4.79 Å². The molecule has 19 heavy (non-hydrogen) atoms. The van der Waals surface area contributed by atoms with Gasteiger partial charge in [0.1, 0.15) is 0 Å². The van der Waals surface area contributed by atoms with Crippen molar-refractivity contribution in [1.29, 1.82) is 0 Å². The molecule has 0 saturated heterocycles. The van der Waals surface area contributed by atoms with E-state index in [-0.39, 0.29) is 5.78 Å². The topological polar surface area (TPSA) is 26.8 Å². The molecular formula is C15H21N3O. The number of ketones is 1. The van der Waals surface area contributed by atoms with Crippen LogP contribution in [0.4, 0.5) is 5.69 Å². The molecule has 0 N–H and O–H groups in total. The Bertz CT molecular complexity index is 442. The number of Topliss-reactive ketones (excluding diaryl/α,β-unsaturated/α-hetero) is 1. The van der Waals surface area contributed by atoms with E-state index in [1.165, 1.54) is 0 Å². The Morgan fingerprint density at radius 1 is 1.21 bits per heavy atom. The van der Waals surface area contributed by atoms with E-state index in [4.69, 9.17) is 0 Å². The Morgan fingerprint density at radius 2 is 1.95 bits per heavy atom. The average molecular weight is 259 g/mol. The monoisotopic (exact) mass is 259 g/mol. The maximum Gasteiger partial charge on any atom is 0.152 e. The minimum atomic E-state index is 0.258. The summed E-state index contributed by atoms with van der Waals surface area (Å²) >= 11 is 0. The van der Waals surface area contributed by atoms with Crippen LogP contribution < -0.4 is 5.01 Å². The molecule has 0 saturated carbocycles. The zero-order valence-electron chi connectivity index (χ0n) is 11.6. The van der Waals surface area contributed by atoms with Crippen LogP contribution in [0.1, 0.15) is 6.42 Å². The zero-order valence-corrected chi connectivity index (χ0v) is 11.6. The van der Waals surface area contributed by atoms with Crippen molar-refractivity contribution in [3.63, 3.8) is 0 Å². The first-order valence-corrected chi connectivity index (χ1v) is 6.59. The molecule has 2 rings (SSSR count). The Morgan fingerprint density at radius 3 is 2.63 bits per heavy atom. The number of likely N-dealkylation sites (N-methyl/N-ethyl adjacent to an activating group) is 1. The third-order valence-corrected chi connectivity index (χ3v) is 3.08. The number of benzene rings is 1. The van der Waals surface area contributed by atoms with E-state index >= 15 is 0 Å². The molecule has 0 aliphatic carbocycles. The first kappa shape index (κ1) is 13.8. The quantitative estimate of drug-likeness (QED) is 0.823. The third-order valence-electron chi connectivity index (χ3n) is 3.08. The van der Waals surface area contributed by atoms with Gasteiger partial charge in [0.05, 0.1) is 12.2 Å². The van der Waals surface area contributed by atoms with Gasteiger partial charge >= 0.3 is 0 Å². The average Bonchev–Trinajstić information content (AvgIpc) is 2.59. The number of hydrazine groups is 1. The van der Waals surface area contributed by atoms with Crippen molar-refractivity contribution in [2.75, 3.05) is 38.7 Å². The Kier molecular flexibility index (Phi) is 4.71. The highest BCUT2D eigenvalue weighted by molar-refractivity contribution is 5.82. The van der Waals surface area contributed by atoms with Crippen molar-refractivity contribution in [2.24, 2.45) is 0 Å². The van der Waals surface area contributed by atoms with Gasteiger partial charge in [-0.15, -0.1) is 0 Å². The van der Waals surface area contributed by atoms with Crippen molar-refractivity contribution >= 4 is 11.5 Å². The number of allylic oxidation sites excluding steroid dienone is 1. The number of nitrogens with zero attached hydrogens (tertiary/aromatic N) is 3. The number of anilines is 1. The van der Waals surface area contributed by atoms with E-state index < -0.39 is 0 Å². The second-order valence-electron chi connectivity index (χ2n) is 5.00. The van der Waals surface area contributed by atoms with Gasteiger partial charge in [-0.2, -0.15) is 0 Å². The van der Waals surface area contributed by atoms with E-state index in [1.54, 1.807) is 0 Å². The van der Waals surface area contributed by atoms with Crippen LogP contribution >= 0.6 is 0 Å². The summed E-state index contributed by atoms with van der Waals surface area (Å²) in [6.07, 6.45) is 4.45. The fraction of sp³-hybridized carbons (Fsp3) is 0.400. The van der Waals surface area contributed by atoms with E-state index in [1.807, 2.05) is 44.6 Å². The molecule has 0 unspecified atom stereocenters. The first-order valence-electron chi connectivity index (χ1n) is 6.59. The van der Waals surface area contributed by atoms with Crippen LogP contribution in [0.25, 0.3) is 0 Å². The highest BCUT2D eigenvalue weighted by Gasteiger charge is 2.19. The molecule has 4 nitrogen and oxygen atoms in total. The molecule has 1 aromatic rings. The standard InChI is InChI=1S/C15H21N3O/c1-16(2)11-12-17-13-15(19)9-6-10-18(17)14-7-4-3-5-8-14/h3-8,10H,9,11-13H2,1-2H3. The Labute approximate surface area is 114 Å². The highest BCUT2D eigenvalue weighted by Crippen LogP contribution is 2.18. The van der Waals surface area contributed by atoms with Crippen LogP contribution in [0.2, 0.25) is 0 Å². The molecule has 0 radical (unpaired) electrons. The minimum Gasteiger partial charge on any atom is -0.308 e. The van der Waals surface area contributed by atoms with Crippen molar-refractivity contribution in [1.82, 2.24) is 9.91 Å². The van der Waals surface area contributed by atoms with E-state index in [0.29, 0.717) is 13.0 Å². The molecular weight excluding hydrogens is 238 g/mol. The van der Waals surface area contributed by atoms with Gasteiger partial charge in [-0.25, -0.2) is 5.01 Å². The smallest absolute Gasteiger partial charge is 0.152 e. The Hall–Kier alpha value is -1.65. The molecule has 1 heterocycles. The SMILES string of the molecule is CN(C)CCN1CC(=O)CC=CN1c1ccccc1. The maximum absolute atomic E-state index is 11.8. The van der Waals surface area contributed by atoms with Crippen LogP contribution in [0, 0.1) is 0 Å². The number of hydrogen-bond acceptors (Lipinski definition) is 4. The Balaban J connectivity index is 2.18. The number of carbonyl (C=O) groups excluding carboxylic acids is 1. The fourth-order valence-electron chi connectivity index (χ4n) is 2.05. The van der Waals surface area contributed by atoms with E-state index in [9.17, 15) is 4.79 Å². The lowest BCUT2D eigenvalue weighted by molar-refractivity contribution is -0.119. The molecule has 1 aliphatic heterocycles. The second kappa shape index (κ2) is 6.50. The number of hydrogen-bond donors (Lipinski definition) is 0. The van der Waals surface area contributed by atoms with Crippen LogP contribution in [-0.4, -0.2) is 49.4 Å². The molecule has 1 aromatic carbocycles. The predicted octanol–water partition coefficient (Wildman–Crippen LogP) is 1.76. The van der Waals surface area contributed by atoms with Crippen molar-refractivity contribution in [3.8, 4) is 0 Å². The molecule has 0 fully saturated rings. The summed E-state index contributed by atoms with van der Waals surface area (Å²) in [5.41, 5.74) is 1.09. The molecule has 0 atom stereocenters. The molecule has 1 aliphatic rings. The number of para-hydroxylation sites is 1. The van der Waals surface area contributed by atoms with Crippen molar-refractivity contribution in [3.05, 3.63) is 42.6 Å². The van der Waals surface area contributed by atoms with Gasteiger partial charge in [-0.3, -0.25) is 9.80 Å². The lowest BCUT2D eigenvalue weighted by Crippen LogP contribution is -2.44. The van der Waals surface area contributed by atoms with Crippen LogP contribution in [0.15, 0.2) is 42.6 Å². The van der Waals surface area contributed by atoms with Crippen LogP contribution in [0.3, 0.4) is 0 Å². The van der Waals surface area contributed by atoms with Gasteiger partial charge in [-0.1, -0.05) is 24.3 Å². The molecule has 102 valence electrons. The highest BCUT2D eigenvalue weighted by atomic mass is 16.1. The summed E-state index contributed by atoms with van der Waals surface area (Å²) in [5, 5.41) is 4.18. The summed E-state index contributed by atoms with van der Waals surface area (Å²) in [7, 11) is 4.09. The first-order chi connectivity index (χ1) is 9.16. The molecule has 0 spiro atoms. The molecule has 0 amide bonds. The van der Waals surface area contributed by atoms with Gasteiger partial charge in [-0.05, 0) is 26.2 Å². The van der Waals surface area contributed by atoms with Crippen molar-refractivity contribution in [2.45, 2.75) is 6.42 Å². The van der Waals surface area contributed by atoms with Gasteiger partial charge in [0.15, 0.2) is 5.78 Å². The third kappa shape index (κ3) is 3.91. The molecule has 0 bridgehead atoms. The molecule has 4 heteroatoms. The van der Waals surface area contributed by atoms with Gasteiger partial charge in [0.25, 0.3) is 0 Å². The van der Waals surface area contributed by atoms with E-state index in [0.717, 1.165) is 18.8 Å². The number of carbonyl (C=O) groups is 1. The fourth-order valence-corrected chi connectivity index (χ4v) is 2.05. The predicted molar refractivity (Wildman–Crippen MR) is 77.8 cm³/mol. The van der Waals surface area contributed by atoms with Gasteiger partial charge in [0, 0.05) is 25.7 Å². The molecule has 0 aromatic heterocycles. The zero-order chi connectivity index (χ0) is 13.7. The minimum absolute atomic E-state index is 0.258. The summed E-state index contributed by atoms with van der Waals surface area (Å²) < 4.78 is 0. The van der Waals surface area contributed by atoms with E-state index in [2.05, 4.69) is 27.1 Å². The summed E-state index contributed by atoms with van der Waals surface area (Å²) in [6.45, 7) is 2.22. The summed E-state index contributed by atoms with van der Waals surface area (Å²) in [4.78, 5) is 13.9. The largest absolute Gasteiger partial charge is 0.308 e. The maximum atomic E-state index is 11.8. The summed E-state index contributed by atoms with van der Waals surface area (Å²) in [5.74, 6) is 0.258. The van der Waals surface area contributed by atoms with Crippen LogP contribution in [0.5, 0.6) is 0 Å². The number of rotatable bonds is 4. The van der Waals surface area contributed by atoms with Crippen LogP contribution in [-0.2, 0) is 4.79 Å². The second-order valence-corrected chi connectivity index (χ2v) is 5.00.